The van der Waals surface area contributed by atoms with Crippen LogP contribution in [-0.4, -0.2) is 36.3 Å². The van der Waals surface area contributed by atoms with E-state index in [4.69, 9.17) is 11.6 Å². The highest BCUT2D eigenvalue weighted by Gasteiger charge is 2.27. The van der Waals surface area contributed by atoms with Gasteiger partial charge in [-0.2, -0.15) is 0 Å². The molecule has 0 aliphatic carbocycles. The van der Waals surface area contributed by atoms with Crippen molar-refractivity contribution in [2.45, 2.75) is 26.7 Å². The molecule has 4 nitrogen and oxygen atoms in total. The number of likely N-dealkylation sites (tertiary alicyclic amines) is 1. The summed E-state index contributed by atoms with van der Waals surface area (Å²) in [5.41, 5.74) is -0.0685. The molecule has 1 aromatic carbocycles. The highest BCUT2D eigenvalue weighted by atomic mass is 35.5. The topological polar surface area (TPSA) is 49.4 Å². The monoisotopic (exact) mass is 340 g/mol. The first-order valence-electron chi connectivity index (χ1n) is 7.91. The van der Waals surface area contributed by atoms with Gasteiger partial charge < -0.3 is 10.2 Å². The van der Waals surface area contributed by atoms with Crippen LogP contribution in [0, 0.1) is 17.7 Å². The largest absolute Gasteiger partial charge is 0.356 e. The standard InChI is InChI=1S/C17H22ClFN2O2/c1-11(2)16(22)20-9-12-5-4-8-21(10-12)17(23)15-13(18)6-3-7-14(15)19/h3,6-7,11-12H,4-5,8-10H2,1-2H3,(H,20,22)/t12-/m0/s1. The van der Waals surface area contributed by atoms with Gasteiger partial charge in [0.1, 0.15) is 5.82 Å². The zero-order valence-corrected chi connectivity index (χ0v) is 14.2. The Labute approximate surface area is 141 Å². The first-order valence-corrected chi connectivity index (χ1v) is 8.29. The third kappa shape index (κ3) is 4.44. The predicted molar refractivity (Wildman–Crippen MR) is 87.9 cm³/mol. The first kappa shape index (κ1) is 17.7. The van der Waals surface area contributed by atoms with Crippen LogP contribution in [0.15, 0.2) is 18.2 Å². The highest BCUT2D eigenvalue weighted by Crippen LogP contribution is 2.24. The lowest BCUT2D eigenvalue weighted by molar-refractivity contribution is -0.124. The van der Waals surface area contributed by atoms with Crippen LogP contribution >= 0.6 is 11.6 Å². The second-order valence-electron chi connectivity index (χ2n) is 6.26. The van der Waals surface area contributed by atoms with Gasteiger partial charge in [0.2, 0.25) is 5.91 Å². The molecule has 0 saturated carbocycles. The van der Waals surface area contributed by atoms with Gasteiger partial charge >= 0.3 is 0 Å². The summed E-state index contributed by atoms with van der Waals surface area (Å²) < 4.78 is 13.9. The SMILES string of the molecule is CC(C)C(=O)NC[C@@H]1CCCN(C(=O)c2c(F)cccc2Cl)C1. The van der Waals surface area contributed by atoms with Crippen LogP contribution in [0.1, 0.15) is 37.0 Å². The fraction of sp³-hybridized carbons (Fsp3) is 0.529. The van der Waals surface area contributed by atoms with Gasteiger partial charge in [0, 0.05) is 25.6 Å². The number of hydrogen-bond donors (Lipinski definition) is 1. The van der Waals surface area contributed by atoms with Crippen LogP contribution in [0.2, 0.25) is 5.02 Å². The molecule has 126 valence electrons. The number of halogens is 2. The number of hydrogen-bond acceptors (Lipinski definition) is 2. The van der Waals surface area contributed by atoms with E-state index in [9.17, 15) is 14.0 Å². The van der Waals surface area contributed by atoms with Crippen molar-refractivity contribution in [3.8, 4) is 0 Å². The van der Waals surface area contributed by atoms with Crippen molar-refractivity contribution in [3.05, 3.63) is 34.6 Å². The Balaban J connectivity index is 2.00. The molecular weight excluding hydrogens is 319 g/mol. The molecule has 2 amide bonds. The number of piperidine rings is 1. The normalized spacial score (nSPS) is 18.1. The molecule has 23 heavy (non-hydrogen) atoms. The summed E-state index contributed by atoms with van der Waals surface area (Å²) in [6.07, 6.45) is 1.77. The molecule has 1 aliphatic rings. The smallest absolute Gasteiger partial charge is 0.258 e. The minimum absolute atomic E-state index is 0.00518. The summed E-state index contributed by atoms with van der Waals surface area (Å²) in [5, 5.41) is 3.03. The number of rotatable bonds is 4. The molecular formula is C17H22ClFN2O2. The quantitative estimate of drug-likeness (QED) is 0.915. The van der Waals surface area contributed by atoms with E-state index in [0.29, 0.717) is 19.6 Å². The van der Waals surface area contributed by atoms with Crippen LogP contribution in [0.5, 0.6) is 0 Å². The van der Waals surface area contributed by atoms with Crippen LogP contribution in [-0.2, 0) is 4.79 Å². The lowest BCUT2D eigenvalue weighted by atomic mass is 9.97. The van der Waals surface area contributed by atoms with Crippen LogP contribution in [0.25, 0.3) is 0 Å². The third-order valence-electron chi connectivity index (χ3n) is 4.07. The molecule has 2 rings (SSSR count). The fourth-order valence-corrected chi connectivity index (χ4v) is 2.97. The van der Waals surface area contributed by atoms with Crippen molar-refractivity contribution in [1.29, 1.82) is 0 Å². The van der Waals surface area contributed by atoms with Gasteiger partial charge in [-0.05, 0) is 30.9 Å². The maximum atomic E-state index is 13.9. The Morgan fingerprint density at radius 3 is 2.83 bits per heavy atom. The number of amides is 2. The molecule has 1 aromatic rings. The van der Waals surface area contributed by atoms with Crippen molar-refractivity contribution in [1.82, 2.24) is 10.2 Å². The number of nitrogens with one attached hydrogen (secondary N) is 1. The van der Waals surface area contributed by atoms with Gasteiger partial charge in [0.05, 0.1) is 10.6 Å². The fourth-order valence-electron chi connectivity index (χ4n) is 2.73. The van der Waals surface area contributed by atoms with E-state index in [1.807, 2.05) is 13.8 Å². The number of benzene rings is 1. The van der Waals surface area contributed by atoms with Gasteiger partial charge in [-0.25, -0.2) is 4.39 Å². The molecule has 0 spiro atoms. The zero-order valence-electron chi connectivity index (χ0n) is 13.4. The van der Waals surface area contributed by atoms with Crippen LogP contribution in [0.4, 0.5) is 4.39 Å². The Bertz CT molecular complexity index is 572. The second kappa shape index (κ2) is 7.77. The zero-order chi connectivity index (χ0) is 17.0. The molecule has 0 radical (unpaired) electrons. The lowest BCUT2D eigenvalue weighted by Crippen LogP contribution is -2.44. The van der Waals surface area contributed by atoms with Crippen LogP contribution in [0.3, 0.4) is 0 Å². The summed E-state index contributed by atoms with van der Waals surface area (Å²) in [6.45, 7) is 5.30. The molecule has 1 aliphatic heterocycles. The van der Waals surface area contributed by atoms with Crippen molar-refractivity contribution >= 4 is 23.4 Å². The van der Waals surface area contributed by atoms with Crippen molar-refractivity contribution in [2.75, 3.05) is 19.6 Å². The lowest BCUT2D eigenvalue weighted by Gasteiger charge is -2.33. The average Bonchev–Trinajstić information content (AvgIpc) is 2.52. The molecule has 1 heterocycles. The van der Waals surface area contributed by atoms with Gasteiger partial charge in [0.25, 0.3) is 5.91 Å². The van der Waals surface area contributed by atoms with E-state index in [2.05, 4.69) is 5.32 Å². The van der Waals surface area contributed by atoms with Gasteiger partial charge in [-0.3, -0.25) is 9.59 Å². The Morgan fingerprint density at radius 2 is 2.17 bits per heavy atom. The molecule has 0 aromatic heterocycles. The minimum atomic E-state index is -0.599. The van der Waals surface area contributed by atoms with Crippen LogP contribution < -0.4 is 5.32 Å². The number of nitrogens with zero attached hydrogens (tertiary/aromatic N) is 1. The molecule has 1 fully saturated rings. The molecule has 0 unspecified atom stereocenters. The summed E-state index contributed by atoms with van der Waals surface area (Å²) >= 11 is 5.97. The second-order valence-corrected chi connectivity index (χ2v) is 6.66. The Kier molecular flexibility index (Phi) is 5.99. The van der Waals surface area contributed by atoms with Crippen molar-refractivity contribution in [3.63, 3.8) is 0 Å². The van der Waals surface area contributed by atoms with Gasteiger partial charge in [-0.15, -0.1) is 0 Å². The minimum Gasteiger partial charge on any atom is -0.356 e. The van der Waals surface area contributed by atoms with Crippen molar-refractivity contribution in [2.24, 2.45) is 11.8 Å². The van der Waals surface area contributed by atoms with E-state index >= 15 is 0 Å². The van der Waals surface area contributed by atoms with Gasteiger partial charge in [-0.1, -0.05) is 31.5 Å². The summed E-state index contributed by atoms with van der Waals surface area (Å²) in [4.78, 5) is 25.8. The van der Waals surface area contributed by atoms with E-state index < -0.39 is 5.82 Å². The van der Waals surface area contributed by atoms with E-state index in [1.54, 1.807) is 4.90 Å². The van der Waals surface area contributed by atoms with Gasteiger partial charge in [0.15, 0.2) is 0 Å². The van der Waals surface area contributed by atoms with Crippen molar-refractivity contribution < 1.29 is 14.0 Å². The first-order chi connectivity index (χ1) is 10.9. The third-order valence-corrected chi connectivity index (χ3v) is 4.39. The number of carbonyl (C=O) groups excluding carboxylic acids is 2. The van der Waals surface area contributed by atoms with E-state index in [0.717, 1.165) is 12.8 Å². The molecule has 0 bridgehead atoms. The maximum absolute atomic E-state index is 13.9. The predicted octanol–water partition coefficient (Wildman–Crippen LogP) is 3.10. The summed E-state index contributed by atoms with van der Waals surface area (Å²) in [7, 11) is 0. The maximum Gasteiger partial charge on any atom is 0.258 e. The number of carbonyl (C=O) groups is 2. The van der Waals surface area contributed by atoms with E-state index in [-0.39, 0.29) is 34.2 Å². The van der Waals surface area contributed by atoms with E-state index in [1.165, 1.54) is 18.2 Å². The molecule has 6 heteroatoms. The molecule has 1 atom stereocenters. The summed E-state index contributed by atoms with van der Waals surface area (Å²) in [5.74, 6) is -0.856. The Hall–Kier alpha value is -1.62. The summed E-state index contributed by atoms with van der Waals surface area (Å²) in [6, 6.07) is 4.24. The highest BCUT2D eigenvalue weighted by molar-refractivity contribution is 6.33. The molecule has 1 saturated heterocycles. The molecule has 1 N–H and O–H groups in total. The average molecular weight is 341 g/mol. The Morgan fingerprint density at radius 1 is 1.43 bits per heavy atom.